The topological polar surface area (TPSA) is 72.4 Å². The quantitative estimate of drug-likeness (QED) is 0.654. The van der Waals surface area contributed by atoms with E-state index in [-0.39, 0.29) is 11.4 Å². The molecule has 1 atom stereocenters. The van der Waals surface area contributed by atoms with Crippen LogP contribution in [-0.2, 0) is 11.3 Å². The van der Waals surface area contributed by atoms with Crippen molar-refractivity contribution in [3.8, 4) is 5.75 Å². The summed E-state index contributed by atoms with van der Waals surface area (Å²) in [6, 6.07) is 3.41. The first kappa shape index (κ1) is 13.4. The van der Waals surface area contributed by atoms with Gasteiger partial charge in [0.15, 0.2) is 0 Å². The zero-order valence-electron chi connectivity index (χ0n) is 10.4. The Kier molecular flexibility index (Phi) is 4.24. The Morgan fingerprint density at radius 3 is 2.61 bits per heavy atom. The molecule has 0 saturated heterocycles. The molecule has 1 aliphatic rings. The molecule has 5 heteroatoms. The van der Waals surface area contributed by atoms with Gasteiger partial charge in [-0.05, 0) is 48.9 Å². The van der Waals surface area contributed by atoms with E-state index >= 15 is 0 Å². The van der Waals surface area contributed by atoms with Crippen LogP contribution in [0.5, 0.6) is 5.75 Å². The highest BCUT2D eigenvalue weighted by Gasteiger charge is 2.19. The van der Waals surface area contributed by atoms with Gasteiger partial charge in [0.1, 0.15) is 5.75 Å². The average Bonchev–Trinajstić information content (AvgIpc) is 2.33. The van der Waals surface area contributed by atoms with E-state index < -0.39 is 11.3 Å². The monoisotopic (exact) mass is 268 g/mol. The van der Waals surface area contributed by atoms with E-state index in [1.54, 1.807) is 12.1 Å². The molecule has 100 valence electrons. The van der Waals surface area contributed by atoms with Crippen molar-refractivity contribution in [3.63, 3.8) is 0 Å². The number of hydrogen-bond donors (Lipinski definition) is 2. The van der Waals surface area contributed by atoms with Crippen molar-refractivity contribution in [2.45, 2.75) is 44.9 Å². The van der Waals surface area contributed by atoms with E-state index in [9.17, 15) is 13.9 Å². The van der Waals surface area contributed by atoms with Gasteiger partial charge in [0.05, 0.1) is 5.69 Å². The summed E-state index contributed by atoms with van der Waals surface area (Å²) in [6.45, 7) is 1.96. The molecule has 2 rings (SSSR count). The number of aryl methyl sites for hydroxylation is 1. The van der Waals surface area contributed by atoms with E-state index in [0.717, 1.165) is 24.0 Å². The van der Waals surface area contributed by atoms with Gasteiger partial charge in [-0.2, -0.15) is 0 Å². The zero-order chi connectivity index (χ0) is 13.1. The van der Waals surface area contributed by atoms with E-state index in [1.807, 2.05) is 6.92 Å². The summed E-state index contributed by atoms with van der Waals surface area (Å²) >= 11 is -2.41. The third-order valence-electron chi connectivity index (χ3n) is 3.62. The van der Waals surface area contributed by atoms with E-state index in [4.69, 9.17) is 0 Å². The number of anilines is 1. The minimum absolute atomic E-state index is 0.0174. The van der Waals surface area contributed by atoms with E-state index in [0.29, 0.717) is 5.92 Å². The Bertz CT molecular complexity index is 456. The van der Waals surface area contributed by atoms with Crippen LogP contribution in [0.4, 0.5) is 5.69 Å². The van der Waals surface area contributed by atoms with Crippen LogP contribution >= 0.6 is 0 Å². The highest BCUT2D eigenvalue weighted by Crippen LogP contribution is 2.38. The van der Waals surface area contributed by atoms with E-state index in [1.165, 1.54) is 19.3 Å². The van der Waals surface area contributed by atoms with Crippen molar-refractivity contribution in [1.82, 2.24) is 0 Å². The largest absolute Gasteiger partial charge is 0.755 e. The molecular weight excluding hydrogens is 250 g/mol. The fraction of sp³-hybridized carbons (Fsp3) is 0.538. The van der Waals surface area contributed by atoms with Crippen molar-refractivity contribution < 1.29 is 13.9 Å². The fourth-order valence-corrected chi connectivity index (χ4v) is 3.08. The van der Waals surface area contributed by atoms with Crippen LogP contribution in [0.2, 0.25) is 0 Å². The second-order valence-electron chi connectivity index (χ2n) is 4.90. The molecule has 0 radical (unpaired) electrons. The van der Waals surface area contributed by atoms with Gasteiger partial charge in [-0.1, -0.05) is 19.3 Å². The van der Waals surface area contributed by atoms with Gasteiger partial charge < -0.3 is 14.4 Å². The van der Waals surface area contributed by atoms with Crippen LogP contribution in [0.15, 0.2) is 12.1 Å². The van der Waals surface area contributed by atoms with Gasteiger partial charge in [-0.3, -0.25) is 4.21 Å². The molecule has 0 spiro atoms. The minimum Gasteiger partial charge on any atom is -0.755 e. The number of phenolic OH excluding ortho intramolecular Hbond substituents is 1. The summed E-state index contributed by atoms with van der Waals surface area (Å²) in [5.74, 6) is 0.469. The summed E-state index contributed by atoms with van der Waals surface area (Å²) in [6.07, 6.45) is 6.02. The number of hydrogen-bond acceptors (Lipinski definition) is 3. The summed E-state index contributed by atoms with van der Waals surface area (Å²) < 4.78 is 23.6. The smallest absolute Gasteiger partial charge is 0.139 e. The number of benzene rings is 1. The van der Waals surface area contributed by atoms with Gasteiger partial charge in [0, 0.05) is 11.3 Å². The molecule has 0 bridgehead atoms. The molecule has 4 nitrogen and oxygen atoms in total. The summed E-state index contributed by atoms with van der Waals surface area (Å²) in [5.41, 5.74) is 2.46. The van der Waals surface area contributed by atoms with Crippen LogP contribution in [0.25, 0.3) is 0 Å². The van der Waals surface area contributed by atoms with Crippen LogP contribution in [0, 0.1) is 6.92 Å². The maximum Gasteiger partial charge on any atom is 0.139 e. The van der Waals surface area contributed by atoms with Gasteiger partial charge in [-0.25, -0.2) is 0 Å². The maximum absolute atomic E-state index is 10.7. The molecule has 0 aliphatic heterocycles. The molecule has 1 aromatic carbocycles. The molecular formula is C13H18NO3S-. The highest BCUT2D eigenvalue weighted by atomic mass is 32.2. The normalized spacial score (nSPS) is 18.6. The average molecular weight is 268 g/mol. The van der Waals surface area contributed by atoms with Crippen LogP contribution in [-0.4, -0.2) is 13.9 Å². The second-order valence-corrected chi connectivity index (χ2v) is 5.57. The lowest BCUT2D eigenvalue weighted by Crippen LogP contribution is -2.08. The first-order valence-corrected chi connectivity index (χ1v) is 7.35. The Hall–Kier alpha value is -1.07. The third-order valence-corrected chi connectivity index (χ3v) is 4.01. The molecule has 1 fully saturated rings. The molecule has 0 aromatic heterocycles. The molecule has 1 aromatic rings. The number of nitrogens with one attached hydrogen (secondary N) is 1. The fourth-order valence-electron chi connectivity index (χ4n) is 2.73. The molecule has 18 heavy (non-hydrogen) atoms. The Morgan fingerprint density at radius 1 is 1.33 bits per heavy atom. The minimum atomic E-state index is -2.41. The Balaban J connectivity index is 2.30. The lowest BCUT2D eigenvalue weighted by Gasteiger charge is -2.25. The Morgan fingerprint density at radius 2 is 2.00 bits per heavy atom. The highest BCUT2D eigenvalue weighted by molar-refractivity contribution is 7.80. The lowest BCUT2D eigenvalue weighted by molar-refractivity contribution is 0.440. The second kappa shape index (κ2) is 5.71. The van der Waals surface area contributed by atoms with Gasteiger partial charge in [0.2, 0.25) is 0 Å². The first-order valence-electron chi connectivity index (χ1n) is 6.27. The predicted molar refractivity (Wildman–Crippen MR) is 71.2 cm³/mol. The first-order chi connectivity index (χ1) is 8.58. The zero-order valence-corrected chi connectivity index (χ0v) is 11.3. The molecule has 1 aliphatic carbocycles. The van der Waals surface area contributed by atoms with E-state index in [2.05, 4.69) is 4.72 Å². The van der Waals surface area contributed by atoms with Crippen molar-refractivity contribution in [3.05, 3.63) is 23.3 Å². The lowest BCUT2D eigenvalue weighted by atomic mass is 9.82. The molecule has 0 heterocycles. The van der Waals surface area contributed by atoms with Gasteiger partial charge in [0.25, 0.3) is 0 Å². The van der Waals surface area contributed by atoms with Crippen LogP contribution in [0.1, 0.15) is 49.1 Å². The van der Waals surface area contributed by atoms with Crippen molar-refractivity contribution in [2.75, 3.05) is 4.72 Å². The van der Waals surface area contributed by atoms with Crippen molar-refractivity contribution >= 4 is 17.0 Å². The SMILES string of the molecule is Cc1cc(O)c(NS(=O)[O-])cc1C1CCCCC1. The van der Waals surface area contributed by atoms with Crippen LogP contribution in [0.3, 0.4) is 0 Å². The molecule has 0 amide bonds. The molecule has 1 saturated carbocycles. The molecule has 1 unspecified atom stereocenters. The van der Waals surface area contributed by atoms with Crippen LogP contribution < -0.4 is 4.72 Å². The van der Waals surface area contributed by atoms with Crippen molar-refractivity contribution in [2.24, 2.45) is 0 Å². The predicted octanol–water partition coefficient (Wildman–Crippen LogP) is 2.95. The number of rotatable bonds is 3. The summed E-state index contributed by atoms with van der Waals surface area (Å²) in [7, 11) is 0. The summed E-state index contributed by atoms with van der Waals surface area (Å²) in [4.78, 5) is 0. The van der Waals surface area contributed by atoms with Crippen molar-refractivity contribution in [1.29, 1.82) is 0 Å². The molecule has 2 N–H and O–H groups in total. The van der Waals surface area contributed by atoms with Gasteiger partial charge in [-0.15, -0.1) is 0 Å². The number of phenols is 1. The summed E-state index contributed by atoms with van der Waals surface area (Å²) in [5, 5.41) is 9.73. The van der Waals surface area contributed by atoms with Gasteiger partial charge >= 0.3 is 0 Å². The standard InChI is InChI=1S/C13H19NO3S/c1-9-7-13(15)12(14-18(16)17)8-11(9)10-5-3-2-4-6-10/h7-8,10,14-15H,2-6H2,1H3,(H,16,17)/p-1. The number of aromatic hydroxyl groups is 1. The maximum atomic E-state index is 10.7. The Labute approximate surface area is 110 Å². The third kappa shape index (κ3) is 3.03.